The fraction of sp³-hybridized carbons (Fsp3) is 0.471. The summed E-state index contributed by atoms with van der Waals surface area (Å²) in [6, 6.07) is 3.71. The number of fused-ring (bicyclic) bond motifs is 1. The lowest BCUT2D eigenvalue weighted by Crippen LogP contribution is -2.28. The molecular weight excluding hydrogens is 342 g/mol. The first-order valence-electron chi connectivity index (χ1n) is 8.11. The molecule has 3 heterocycles. The van der Waals surface area contributed by atoms with E-state index in [1.165, 1.54) is 0 Å². The van der Waals surface area contributed by atoms with Crippen LogP contribution in [0.4, 0.5) is 0 Å². The van der Waals surface area contributed by atoms with Crippen LogP contribution in [0.25, 0.3) is 0 Å². The van der Waals surface area contributed by atoms with Gasteiger partial charge in [-0.1, -0.05) is 6.07 Å². The third-order valence-electron chi connectivity index (χ3n) is 3.68. The summed E-state index contributed by atoms with van der Waals surface area (Å²) in [5, 5.41) is 13.3. The van der Waals surface area contributed by atoms with Crippen LogP contribution < -0.4 is 15.4 Å². The summed E-state index contributed by atoms with van der Waals surface area (Å²) in [4.78, 5) is 16.6. The number of carbonyl (C=O) groups is 1. The molecule has 1 amide bonds. The van der Waals surface area contributed by atoms with Crippen molar-refractivity contribution in [1.82, 2.24) is 25.8 Å². The fourth-order valence-electron chi connectivity index (χ4n) is 2.57. The predicted molar refractivity (Wildman–Crippen MR) is 97.0 cm³/mol. The molecule has 0 aliphatic carbocycles. The minimum absolute atomic E-state index is 0. The van der Waals surface area contributed by atoms with Crippen LogP contribution in [0.3, 0.4) is 0 Å². The average Bonchev–Trinajstić information content (AvgIpc) is 2.96. The third kappa shape index (κ3) is 4.93. The Morgan fingerprint density at radius 1 is 1.36 bits per heavy atom. The molecule has 1 aliphatic heterocycles. The van der Waals surface area contributed by atoms with Crippen LogP contribution in [0.15, 0.2) is 18.3 Å². The summed E-state index contributed by atoms with van der Waals surface area (Å²) in [7, 11) is 0. The van der Waals surface area contributed by atoms with Crippen LogP contribution in [0.1, 0.15) is 48.1 Å². The van der Waals surface area contributed by atoms with Crippen molar-refractivity contribution in [2.75, 3.05) is 6.54 Å². The first kappa shape index (κ1) is 19.2. The lowest BCUT2D eigenvalue weighted by atomic mass is 10.1. The number of pyridine rings is 1. The molecule has 0 saturated carbocycles. The number of halogens is 1. The van der Waals surface area contributed by atoms with Crippen molar-refractivity contribution in [3.8, 4) is 5.88 Å². The van der Waals surface area contributed by atoms with E-state index in [-0.39, 0.29) is 23.9 Å². The summed E-state index contributed by atoms with van der Waals surface area (Å²) in [5.74, 6) is 0.399. The van der Waals surface area contributed by atoms with Crippen molar-refractivity contribution in [3.05, 3.63) is 40.8 Å². The Labute approximate surface area is 153 Å². The van der Waals surface area contributed by atoms with Gasteiger partial charge in [-0.2, -0.15) is 5.10 Å². The Morgan fingerprint density at radius 3 is 2.84 bits per heavy atom. The summed E-state index contributed by atoms with van der Waals surface area (Å²) >= 11 is 0. The van der Waals surface area contributed by atoms with Gasteiger partial charge in [0.15, 0.2) is 5.69 Å². The van der Waals surface area contributed by atoms with E-state index in [0.717, 1.165) is 29.8 Å². The summed E-state index contributed by atoms with van der Waals surface area (Å²) in [6.07, 6.45) is 2.58. The Kier molecular flexibility index (Phi) is 6.02. The first-order valence-corrected chi connectivity index (χ1v) is 8.11. The maximum absolute atomic E-state index is 12.3. The number of nitrogens with zero attached hydrogens (tertiary/aromatic N) is 2. The Morgan fingerprint density at radius 2 is 2.16 bits per heavy atom. The van der Waals surface area contributed by atoms with Crippen LogP contribution in [-0.4, -0.2) is 33.2 Å². The molecule has 0 fully saturated rings. The molecular formula is C17H24ClN5O2. The zero-order valence-corrected chi connectivity index (χ0v) is 15.5. The van der Waals surface area contributed by atoms with E-state index in [1.807, 2.05) is 32.9 Å². The minimum atomic E-state index is -0.282. The lowest BCUT2D eigenvalue weighted by molar-refractivity contribution is 0.0944. The number of ether oxygens (including phenoxy) is 1. The molecule has 0 bridgehead atoms. The number of aromatic nitrogens is 3. The van der Waals surface area contributed by atoms with Crippen molar-refractivity contribution in [3.63, 3.8) is 0 Å². The standard InChI is InChI=1S/C17H23N5O2.ClH/c1-17(2,3)24-14-5-4-11(8-19-14)9-20-16(23)15-12-10-18-7-6-13(12)21-22-15;/h4-5,8,18H,6-7,9-10H2,1-3H3,(H,20,23)(H,21,22);1H. The van der Waals surface area contributed by atoms with Gasteiger partial charge in [0.2, 0.25) is 5.88 Å². The van der Waals surface area contributed by atoms with E-state index in [2.05, 4.69) is 25.8 Å². The lowest BCUT2D eigenvalue weighted by Gasteiger charge is -2.20. The zero-order valence-electron chi connectivity index (χ0n) is 14.7. The summed E-state index contributed by atoms with van der Waals surface area (Å²) in [5.41, 5.74) is 3.11. The van der Waals surface area contributed by atoms with E-state index in [0.29, 0.717) is 24.7 Å². The summed E-state index contributed by atoms with van der Waals surface area (Å²) < 4.78 is 5.68. The quantitative estimate of drug-likeness (QED) is 0.770. The van der Waals surface area contributed by atoms with Crippen molar-refractivity contribution < 1.29 is 9.53 Å². The first-order chi connectivity index (χ1) is 11.4. The van der Waals surface area contributed by atoms with Crippen molar-refractivity contribution in [2.24, 2.45) is 0 Å². The van der Waals surface area contributed by atoms with Gasteiger partial charge in [0.25, 0.3) is 5.91 Å². The van der Waals surface area contributed by atoms with Gasteiger partial charge in [0.1, 0.15) is 5.60 Å². The summed E-state index contributed by atoms with van der Waals surface area (Å²) in [6.45, 7) is 7.91. The molecule has 3 N–H and O–H groups in total. The van der Waals surface area contributed by atoms with Crippen LogP contribution >= 0.6 is 12.4 Å². The van der Waals surface area contributed by atoms with Crippen LogP contribution in [-0.2, 0) is 19.5 Å². The molecule has 0 atom stereocenters. The van der Waals surface area contributed by atoms with Gasteiger partial charge in [-0.3, -0.25) is 9.89 Å². The van der Waals surface area contributed by atoms with Gasteiger partial charge in [0, 0.05) is 49.6 Å². The number of carbonyl (C=O) groups excluding carboxylic acids is 1. The number of rotatable bonds is 4. The second kappa shape index (κ2) is 7.84. The zero-order chi connectivity index (χ0) is 17.2. The third-order valence-corrected chi connectivity index (χ3v) is 3.68. The second-order valence-corrected chi connectivity index (χ2v) is 6.86. The second-order valence-electron chi connectivity index (χ2n) is 6.86. The highest BCUT2D eigenvalue weighted by Gasteiger charge is 2.21. The number of nitrogens with one attached hydrogen (secondary N) is 3. The molecule has 0 unspecified atom stereocenters. The number of hydrogen-bond acceptors (Lipinski definition) is 5. The topological polar surface area (TPSA) is 91.9 Å². The Bertz CT molecular complexity index is 722. The van der Waals surface area contributed by atoms with Crippen molar-refractivity contribution >= 4 is 18.3 Å². The van der Waals surface area contributed by atoms with Gasteiger partial charge in [0.05, 0.1) is 0 Å². The van der Waals surface area contributed by atoms with Gasteiger partial charge in [-0.25, -0.2) is 4.98 Å². The van der Waals surface area contributed by atoms with E-state index < -0.39 is 0 Å². The van der Waals surface area contributed by atoms with Crippen molar-refractivity contribution in [1.29, 1.82) is 0 Å². The molecule has 0 radical (unpaired) electrons. The molecule has 2 aromatic heterocycles. The number of hydrogen-bond donors (Lipinski definition) is 3. The van der Waals surface area contributed by atoms with E-state index in [1.54, 1.807) is 6.20 Å². The van der Waals surface area contributed by atoms with Gasteiger partial charge in [-0.05, 0) is 26.3 Å². The molecule has 7 nitrogen and oxygen atoms in total. The molecule has 136 valence electrons. The molecule has 2 aromatic rings. The van der Waals surface area contributed by atoms with Gasteiger partial charge >= 0.3 is 0 Å². The van der Waals surface area contributed by atoms with Crippen LogP contribution in [0.5, 0.6) is 5.88 Å². The van der Waals surface area contributed by atoms with E-state index in [9.17, 15) is 4.79 Å². The predicted octanol–water partition coefficient (Wildman–Crippen LogP) is 1.98. The highest BCUT2D eigenvalue weighted by Crippen LogP contribution is 2.16. The van der Waals surface area contributed by atoms with Gasteiger partial charge < -0.3 is 15.4 Å². The van der Waals surface area contributed by atoms with Gasteiger partial charge in [-0.15, -0.1) is 12.4 Å². The van der Waals surface area contributed by atoms with E-state index in [4.69, 9.17) is 4.74 Å². The SMILES string of the molecule is CC(C)(C)Oc1ccc(CNC(=O)c2n[nH]c3c2CNCC3)cn1.Cl. The molecule has 0 aromatic carbocycles. The van der Waals surface area contributed by atoms with Crippen LogP contribution in [0, 0.1) is 0 Å². The Balaban J connectivity index is 0.00000225. The average molecular weight is 366 g/mol. The van der Waals surface area contributed by atoms with E-state index >= 15 is 0 Å². The number of aromatic amines is 1. The largest absolute Gasteiger partial charge is 0.472 e. The molecule has 8 heteroatoms. The molecule has 3 rings (SSSR count). The normalized spacial score (nSPS) is 13.6. The molecule has 0 saturated heterocycles. The highest BCUT2D eigenvalue weighted by molar-refractivity contribution is 5.94. The maximum atomic E-state index is 12.3. The van der Waals surface area contributed by atoms with Crippen LogP contribution in [0.2, 0.25) is 0 Å². The molecule has 1 aliphatic rings. The fourth-order valence-corrected chi connectivity index (χ4v) is 2.57. The minimum Gasteiger partial charge on any atom is -0.472 e. The number of H-pyrrole nitrogens is 1. The smallest absolute Gasteiger partial charge is 0.272 e. The molecule has 25 heavy (non-hydrogen) atoms. The highest BCUT2D eigenvalue weighted by atomic mass is 35.5. The van der Waals surface area contributed by atoms with Crippen molar-refractivity contribution in [2.45, 2.75) is 45.9 Å². The number of amides is 1. The monoisotopic (exact) mass is 365 g/mol. The Hall–Kier alpha value is -2.12. The maximum Gasteiger partial charge on any atom is 0.272 e. The molecule has 0 spiro atoms.